The van der Waals surface area contributed by atoms with Gasteiger partial charge in [0.05, 0.1) is 24.3 Å². The Labute approximate surface area is 157 Å². The highest BCUT2D eigenvalue weighted by molar-refractivity contribution is 7.88. The van der Waals surface area contributed by atoms with Crippen LogP contribution in [0.2, 0.25) is 5.15 Å². The van der Waals surface area contributed by atoms with Crippen LogP contribution in [-0.4, -0.2) is 48.4 Å². The highest BCUT2D eigenvalue weighted by atomic mass is 35.5. The molecule has 1 aliphatic rings. The number of anilines is 1. The van der Waals surface area contributed by atoms with Crippen molar-refractivity contribution in [1.29, 1.82) is 0 Å². The second-order valence-corrected chi connectivity index (χ2v) is 8.59. The maximum atomic E-state index is 12.8. The number of pyridine rings is 1. The molecule has 1 N–H and O–H groups in total. The first kappa shape index (κ1) is 18.8. The van der Waals surface area contributed by atoms with Gasteiger partial charge in [0.2, 0.25) is 15.9 Å². The predicted octanol–water partition coefficient (Wildman–Crippen LogP) is 1.60. The third-order valence-electron chi connectivity index (χ3n) is 4.42. The summed E-state index contributed by atoms with van der Waals surface area (Å²) >= 11 is 6.22. The Kier molecular flexibility index (Phi) is 5.31. The fraction of sp³-hybridized carbons (Fsp3) is 0.438. The minimum Gasteiger partial charge on any atom is -0.311 e. The van der Waals surface area contributed by atoms with E-state index in [1.54, 1.807) is 36.4 Å². The number of aromatic nitrogens is 3. The molecule has 2 aromatic rings. The topological polar surface area (TPSA) is 97.2 Å². The van der Waals surface area contributed by atoms with Crippen molar-refractivity contribution in [2.45, 2.75) is 25.3 Å². The lowest BCUT2D eigenvalue weighted by Crippen LogP contribution is -2.35. The molecule has 1 fully saturated rings. The molecule has 0 aromatic carbocycles. The number of carbonyl (C=O) groups excluding carboxylic acids is 1. The molecule has 140 valence electrons. The first-order valence-corrected chi connectivity index (χ1v) is 10.4. The van der Waals surface area contributed by atoms with Gasteiger partial charge in [-0.25, -0.2) is 17.8 Å². The summed E-state index contributed by atoms with van der Waals surface area (Å²) in [6.45, 7) is 0. The quantitative estimate of drug-likeness (QED) is 0.826. The maximum Gasteiger partial charge on any atom is 0.230 e. The second-order valence-electron chi connectivity index (χ2n) is 6.46. The number of nitrogens with one attached hydrogen (secondary N) is 1. The van der Waals surface area contributed by atoms with E-state index < -0.39 is 10.0 Å². The molecule has 0 spiro atoms. The molecule has 1 amide bonds. The Hall–Kier alpha value is -1.97. The van der Waals surface area contributed by atoms with E-state index in [0.717, 1.165) is 11.9 Å². The second kappa shape index (κ2) is 7.34. The minimum absolute atomic E-state index is 0.101. The summed E-state index contributed by atoms with van der Waals surface area (Å²) in [5.41, 5.74) is 1.24. The van der Waals surface area contributed by atoms with Crippen molar-refractivity contribution in [3.05, 3.63) is 35.9 Å². The van der Waals surface area contributed by atoms with E-state index in [2.05, 4.69) is 14.8 Å². The third kappa shape index (κ3) is 4.22. The summed E-state index contributed by atoms with van der Waals surface area (Å²) in [6.07, 6.45) is 7.86. The van der Waals surface area contributed by atoms with Crippen molar-refractivity contribution < 1.29 is 13.2 Å². The lowest BCUT2D eigenvalue weighted by molar-refractivity contribution is -0.121. The number of halogens is 1. The molecule has 0 saturated heterocycles. The van der Waals surface area contributed by atoms with Crippen LogP contribution < -0.4 is 9.62 Å². The molecule has 2 heterocycles. The van der Waals surface area contributed by atoms with Crippen LogP contribution in [0, 0.1) is 5.92 Å². The lowest BCUT2D eigenvalue weighted by atomic mass is 10.1. The zero-order valence-corrected chi connectivity index (χ0v) is 16.0. The Morgan fingerprint density at radius 1 is 1.42 bits per heavy atom. The SMILES string of the molecule is CN(C(=O)[C@H]1CC[C@@H](NS(C)(=O)=O)C1)c1cn(-c2cccnc2)nc1Cl. The average molecular weight is 398 g/mol. The first-order valence-electron chi connectivity index (χ1n) is 8.15. The monoisotopic (exact) mass is 397 g/mol. The zero-order chi connectivity index (χ0) is 18.9. The van der Waals surface area contributed by atoms with Crippen LogP contribution in [0.15, 0.2) is 30.7 Å². The van der Waals surface area contributed by atoms with Crippen molar-refractivity contribution in [2.75, 3.05) is 18.2 Å². The molecule has 0 radical (unpaired) electrons. The molecule has 1 saturated carbocycles. The summed E-state index contributed by atoms with van der Waals surface area (Å²) in [5, 5.41) is 4.45. The molecule has 26 heavy (non-hydrogen) atoms. The molecule has 0 aliphatic heterocycles. The van der Waals surface area contributed by atoms with E-state index in [1.165, 1.54) is 4.90 Å². The van der Waals surface area contributed by atoms with Gasteiger partial charge in [0, 0.05) is 25.2 Å². The van der Waals surface area contributed by atoms with Gasteiger partial charge in [0.1, 0.15) is 5.69 Å². The number of rotatable bonds is 5. The number of carbonyl (C=O) groups is 1. The molecule has 2 aromatic heterocycles. The van der Waals surface area contributed by atoms with Gasteiger partial charge in [-0.15, -0.1) is 0 Å². The summed E-state index contributed by atoms with van der Waals surface area (Å²) in [4.78, 5) is 18.3. The highest BCUT2D eigenvalue weighted by Gasteiger charge is 2.34. The van der Waals surface area contributed by atoms with E-state index in [-0.39, 0.29) is 23.0 Å². The number of hydrogen-bond donors (Lipinski definition) is 1. The van der Waals surface area contributed by atoms with Crippen LogP contribution in [0.4, 0.5) is 5.69 Å². The summed E-state index contributed by atoms with van der Waals surface area (Å²) in [7, 11) is -1.63. The average Bonchev–Trinajstić information content (AvgIpc) is 3.19. The lowest BCUT2D eigenvalue weighted by Gasteiger charge is -2.20. The van der Waals surface area contributed by atoms with Gasteiger partial charge >= 0.3 is 0 Å². The van der Waals surface area contributed by atoms with Gasteiger partial charge in [-0.05, 0) is 31.4 Å². The van der Waals surface area contributed by atoms with Crippen LogP contribution in [0.25, 0.3) is 5.69 Å². The van der Waals surface area contributed by atoms with Gasteiger partial charge in [-0.1, -0.05) is 11.6 Å². The fourth-order valence-corrected chi connectivity index (χ4v) is 4.28. The Morgan fingerprint density at radius 3 is 2.85 bits per heavy atom. The minimum atomic E-state index is -3.28. The van der Waals surface area contributed by atoms with E-state index in [9.17, 15) is 13.2 Å². The number of amides is 1. The molecule has 8 nitrogen and oxygen atoms in total. The van der Waals surface area contributed by atoms with Gasteiger partial charge in [-0.2, -0.15) is 5.10 Å². The molecule has 10 heteroatoms. The van der Waals surface area contributed by atoms with Gasteiger partial charge in [0.25, 0.3) is 0 Å². The van der Waals surface area contributed by atoms with Crippen LogP contribution in [0.5, 0.6) is 0 Å². The first-order chi connectivity index (χ1) is 12.2. The van der Waals surface area contributed by atoms with Gasteiger partial charge in [0.15, 0.2) is 5.15 Å². The van der Waals surface area contributed by atoms with Crippen molar-refractivity contribution in [1.82, 2.24) is 19.5 Å². The molecule has 2 atom stereocenters. The van der Waals surface area contributed by atoms with Crippen molar-refractivity contribution >= 4 is 33.2 Å². The van der Waals surface area contributed by atoms with Gasteiger partial charge in [-0.3, -0.25) is 9.78 Å². The molecule has 0 unspecified atom stereocenters. The Bertz CT molecular complexity index is 900. The van der Waals surface area contributed by atoms with Gasteiger partial charge < -0.3 is 4.90 Å². The maximum absolute atomic E-state index is 12.8. The van der Waals surface area contributed by atoms with Crippen LogP contribution in [-0.2, 0) is 14.8 Å². The molecular formula is C16H20ClN5O3S. The van der Waals surface area contributed by atoms with Crippen molar-refractivity contribution in [2.24, 2.45) is 5.92 Å². The number of hydrogen-bond acceptors (Lipinski definition) is 5. The smallest absolute Gasteiger partial charge is 0.230 e. The van der Waals surface area contributed by atoms with E-state index in [0.29, 0.717) is 24.9 Å². The molecule has 0 bridgehead atoms. The van der Waals surface area contributed by atoms with E-state index >= 15 is 0 Å². The Morgan fingerprint density at radius 2 is 2.19 bits per heavy atom. The van der Waals surface area contributed by atoms with Crippen molar-refractivity contribution in [3.63, 3.8) is 0 Å². The zero-order valence-electron chi connectivity index (χ0n) is 14.5. The normalized spacial score (nSPS) is 20.3. The van der Waals surface area contributed by atoms with Crippen LogP contribution >= 0.6 is 11.6 Å². The molecular weight excluding hydrogens is 378 g/mol. The number of sulfonamides is 1. The van der Waals surface area contributed by atoms with Crippen LogP contribution in [0.1, 0.15) is 19.3 Å². The standard InChI is InChI=1S/C16H20ClN5O3S/c1-21(16(23)11-5-6-12(8-11)20-26(2,24)25)14-10-22(19-15(14)17)13-4-3-7-18-9-13/h3-4,7,9-12,20H,5-6,8H2,1-2H3/t11-,12+/m0/s1. The van der Waals surface area contributed by atoms with E-state index in [1.807, 2.05) is 6.07 Å². The third-order valence-corrected chi connectivity index (χ3v) is 5.45. The Balaban J connectivity index is 1.72. The molecule has 3 rings (SSSR count). The highest BCUT2D eigenvalue weighted by Crippen LogP contribution is 2.31. The largest absolute Gasteiger partial charge is 0.311 e. The fourth-order valence-electron chi connectivity index (χ4n) is 3.20. The van der Waals surface area contributed by atoms with Crippen molar-refractivity contribution in [3.8, 4) is 5.69 Å². The number of nitrogens with zero attached hydrogens (tertiary/aromatic N) is 4. The molecule has 1 aliphatic carbocycles. The van der Waals surface area contributed by atoms with Crippen LogP contribution in [0.3, 0.4) is 0 Å². The summed E-state index contributed by atoms with van der Waals surface area (Å²) in [5.74, 6) is -0.354. The summed E-state index contributed by atoms with van der Waals surface area (Å²) in [6, 6.07) is 3.41. The van der Waals surface area contributed by atoms with E-state index in [4.69, 9.17) is 11.6 Å². The predicted molar refractivity (Wildman–Crippen MR) is 98.9 cm³/mol. The summed E-state index contributed by atoms with van der Waals surface area (Å²) < 4.78 is 26.9.